The number of nitrogens with two attached hydrogens (primary N) is 1. The SMILES string of the molecule is COc1cc2nccc(Oc3ccc(NC(=O)C4(C(=O)OC5CC5)CC4)c(C(F)(F)F)c3)c2cc1C(N)=O. The lowest BCUT2D eigenvalue weighted by Crippen LogP contribution is -2.34. The summed E-state index contributed by atoms with van der Waals surface area (Å²) in [5, 5.41) is 2.57. The molecule has 3 aromatic rings. The van der Waals surface area contributed by atoms with Crippen molar-refractivity contribution in [2.45, 2.75) is 38.0 Å². The van der Waals surface area contributed by atoms with Crippen LogP contribution in [0.5, 0.6) is 17.2 Å². The first-order valence-corrected chi connectivity index (χ1v) is 11.7. The van der Waals surface area contributed by atoms with Crippen molar-refractivity contribution in [2.24, 2.45) is 11.1 Å². The molecule has 2 aromatic carbocycles. The van der Waals surface area contributed by atoms with Crippen LogP contribution in [0, 0.1) is 5.41 Å². The molecule has 2 amide bonds. The highest BCUT2D eigenvalue weighted by Crippen LogP contribution is 2.49. The van der Waals surface area contributed by atoms with Crippen LogP contribution in [0.1, 0.15) is 41.6 Å². The summed E-state index contributed by atoms with van der Waals surface area (Å²) in [6.45, 7) is 0. The predicted molar refractivity (Wildman–Crippen MR) is 128 cm³/mol. The van der Waals surface area contributed by atoms with Crippen LogP contribution < -0.4 is 20.5 Å². The molecule has 0 spiro atoms. The molecule has 198 valence electrons. The van der Waals surface area contributed by atoms with Gasteiger partial charge in [0.15, 0.2) is 0 Å². The minimum atomic E-state index is -4.85. The summed E-state index contributed by atoms with van der Waals surface area (Å²) in [5.41, 5.74) is 2.69. The number of esters is 1. The molecule has 0 atom stereocenters. The molecule has 1 aromatic heterocycles. The summed E-state index contributed by atoms with van der Waals surface area (Å²) in [5.74, 6) is -2.20. The first-order chi connectivity index (χ1) is 18.0. The van der Waals surface area contributed by atoms with Gasteiger partial charge in [0.25, 0.3) is 5.91 Å². The number of nitrogens with one attached hydrogen (secondary N) is 1. The average molecular weight is 529 g/mol. The van der Waals surface area contributed by atoms with Gasteiger partial charge in [0.05, 0.1) is 29.4 Å². The highest BCUT2D eigenvalue weighted by atomic mass is 19.4. The second-order valence-corrected chi connectivity index (χ2v) is 9.19. The third kappa shape index (κ3) is 4.81. The number of anilines is 1. The minimum Gasteiger partial charge on any atom is -0.496 e. The zero-order valence-electron chi connectivity index (χ0n) is 20.1. The molecule has 1 heterocycles. The number of carbonyl (C=O) groups is 3. The van der Waals surface area contributed by atoms with E-state index < -0.39 is 40.6 Å². The van der Waals surface area contributed by atoms with Gasteiger partial charge in [-0.25, -0.2) is 0 Å². The van der Waals surface area contributed by atoms with Crippen molar-refractivity contribution in [3.05, 3.63) is 53.7 Å². The van der Waals surface area contributed by atoms with Crippen LogP contribution >= 0.6 is 0 Å². The summed E-state index contributed by atoms with van der Waals surface area (Å²) in [6.07, 6.45) is -1.84. The summed E-state index contributed by atoms with van der Waals surface area (Å²) < 4.78 is 58.0. The molecule has 0 aliphatic heterocycles. The summed E-state index contributed by atoms with van der Waals surface area (Å²) in [4.78, 5) is 41.2. The fraction of sp³-hybridized carbons (Fsp3) is 0.308. The lowest BCUT2D eigenvalue weighted by molar-refractivity contribution is -0.154. The van der Waals surface area contributed by atoms with Gasteiger partial charge >= 0.3 is 12.1 Å². The van der Waals surface area contributed by atoms with E-state index in [4.69, 9.17) is 19.9 Å². The third-order valence-corrected chi connectivity index (χ3v) is 6.43. The smallest absolute Gasteiger partial charge is 0.418 e. The summed E-state index contributed by atoms with van der Waals surface area (Å²) in [6, 6.07) is 7.31. The second kappa shape index (κ2) is 9.19. The van der Waals surface area contributed by atoms with Crippen molar-refractivity contribution >= 4 is 34.4 Å². The van der Waals surface area contributed by atoms with E-state index in [2.05, 4.69) is 10.3 Å². The van der Waals surface area contributed by atoms with E-state index in [1.807, 2.05) is 0 Å². The molecule has 38 heavy (non-hydrogen) atoms. The van der Waals surface area contributed by atoms with E-state index in [0.29, 0.717) is 23.7 Å². The van der Waals surface area contributed by atoms with Crippen molar-refractivity contribution in [2.75, 3.05) is 12.4 Å². The fourth-order valence-corrected chi connectivity index (χ4v) is 4.00. The van der Waals surface area contributed by atoms with E-state index in [9.17, 15) is 27.6 Å². The van der Waals surface area contributed by atoms with E-state index in [1.165, 1.54) is 37.6 Å². The number of pyridine rings is 1. The van der Waals surface area contributed by atoms with Crippen molar-refractivity contribution < 1.29 is 41.8 Å². The molecule has 9 nitrogen and oxygen atoms in total. The Hall–Kier alpha value is -4.35. The number of carbonyl (C=O) groups excluding carboxylic acids is 3. The lowest BCUT2D eigenvalue weighted by atomic mass is 10.1. The number of benzene rings is 2. The van der Waals surface area contributed by atoms with Crippen LogP contribution in [-0.4, -0.2) is 36.0 Å². The van der Waals surface area contributed by atoms with E-state index >= 15 is 0 Å². The zero-order valence-corrected chi connectivity index (χ0v) is 20.1. The number of hydrogen-bond acceptors (Lipinski definition) is 7. The highest BCUT2D eigenvalue weighted by molar-refractivity contribution is 6.11. The molecular weight excluding hydrogens is 507 g/mol. The second-order valence-electron chi connectivity index (χ2n) is 9.19. The molecule has 0 saturated heterocycles. The number of aromatic nitrogens is 1. The van der Waals surface area contributed by atoms with Crippen LogP contribution in [-0.2, 0) is 20.5 Å². The minimum absolute atomic E-state index is 0.0427. The number of fused-ring (bicyclic) bond motifs is 1. The van der Waals surface area contributed by atoms with Gasteiger partial charge in [0.1, 0.15) is 28.8 Å². The van der Waals surface area contributed by atoms with Crippen LogP contribution in [0.15, 0.2) is 42.6 Å². The molecule has 0 unspecified atom stereocenters. The molecule has 2 saturated carbocycles. The summed E-state index contributed by atoms with van der Waals surface area (Å²) >= 11 is 0. The summed E-state index contributed by atoms with van der Waals surface area (Å²) in [7, 11) is 1.36. The molecule has 2 aliphatic carbocycles. The number of primary amides is 1. The Bertz CT molecular complexity index is 1460. The molecular formula is C26H22F3N3O6. The Morgan fingerprint density at radius 3 is 2.42 bits per heavy atom. The van der Waals surface area contributed by atoms with Crippen LogP contribution in [0.4, 0.5) is 18.9 Å². The first-order valence-electron chi connectivity index (χ1n) is 11.7. The monoisotopic (exact) mass is 529 g/mol. The number of hydrogen-bond donors (Lipinski definition) is 2. The number of alkyl halides is 3. The van der Waals surface area contributed by atoms with Crippen molar-refractivity contribution in [1.29, 1.82) is 0 Å². The van der Waals surface area contributed by atoms with Crippen LogP contribution in [0.3, 0.4) is 0 Å². The van der Waals surface area contributed by atoms with Gasteiger partial charge in [-0.3, -0.25) is 19.4 Å². The maximum Gasteiger partial charge on any atom is 0.418 e. The largest absolute Gasteiger partial charge is 0.496 e. The Balaban J connectivity index is 1.44. The molecule has 0 bridgehead atoms. The van der Waals surface area contributed by atoms with Crippen LogP contribution in [0.25, 0.3) is 10.9 Å². The fourth-order valence-electron chi connectivity index (χ4n) is 4.00. The van der Waals surface area contributed by atoms with Gasteiger partial charge in [-0.1, -0.05) is 0 Å². The van der Waals surface area contributed by atoms with E-state index in [0.717, 1.165) is 12.1 Å². The first kappa shape index (κ1) is 25.3. The predicted octanol–water partition coefficient (Wildman–Crippen LogP) is 4.58. The van der Waals surface area contributed by atoms with Gasteiger partial charge in [0, 0.05) is 17.6 Å². The normalized spacial score (nSPS) is 16.0. The quantitative estimate of drug-likeness (QED) is 0.323. The maximum absolute atomic E-state index is 14.0. The van der Waals surface area contributed by atoms with E-state index in [1.54, 1.807) is 0 Å². The van der Waals surface area contributed by atoms with Crippen LogP contribution in [0.2, 0.25) is 0 Å². The van der Waals surface area contributed by atoms with Crippen molar-refractivity contribution in [3.63, 3.8) is 0 Å². The Morgan fingerprint density at radius 1 is 1.08 bits per heavy atom. The molecule has 5 rings (SSSR count). The molecule has 3 N–H and O–H groups in total. The van der Waals surface area contributed by atoms with Crippen molar-refractivity contribution in [1.82, 2.24) is 4.98 Å². The number of rotatable bonds is 8. The van der Waals surface area contributed by atoms with Gasteiger partial charge < -0.3 is 25.3 Å². The Labute approximate surface area is 214 Å². The lowest BCUT2D eigenvalue weighted by Gasteiger charge is -2.19. The van der Waals surface area contributed by atoms with Gasteiger partial charge in [-0.2, -0.15) is 13.2 Å². The number of nitrogens with zero attached hydrogens (tertiary/aromatic N) is 1. The average Bonchev–Trinajstić information content (AvgIpc) is 3.79. The number of halogens is 3. The third-order valence-electron chi connectivity index (χ3n) is 6.43. The number of ether oxygens (including phenoxy) is 3. The zero-order chi connectivity index (χ0) is 27.2. The highest BCUT2D eigenvalue weighted by Gasteiger charge is 2.59. The van der Waals surface area contributed by atoms with Gasteiger partial charge in [-0.15, -0.1) is 0 Å². The maximum atomic E-state index is 14.0. The number of amides is 2. The standard InChI is InChI=1S/C26H22F3N3O6/c1-36-21-12-19-15(11-16(21)22(30)33)20(6-9-31-19)37-14-4-5-18(17(10-14)26(27,28)29)32-23(34)25(7-8-25)24(35)38-13-2-3-13/h4-6,9-13H,2-3,7-8H2,1H3,(H2,30,33)(H,32,34). The van der Waals surface area contributed by atoms with E-state index in [-0.39, 0.29) is 41.8 Å². The molecule has 12 heteroatoms. The molecule has 2 aliphatic rings. The Kier molecular flexibility index (Phi) is 6.12. The topological polar surface area (TPSA) is 130 Å². The van der Waals surface area contributed by atoms with Gasteiger partial charge in [-0.05, 0) is 56.0 Å². The Morgan fingerprint density at radius 2 is 1.82 bits per heavy atom. The molecule has 2 fully saturated rings. The van der Waals surface area contributed by atoms with Gasteiger partial charge in [0.2, 0.25) is 5.91 Å². The molecule has 0 radical (unpaired) electrons. The van der Waals surface area contributed by atoms with Crippen molar-refractivity contribution in [3.8, 4) is 17.2 Å². The number of methoxy groups -OCH3 is 1.